The van der Waals surface area contributed by atoms with Gasteiger partial charge in [0.05, 0.1) is 10.6 Å². The minimum absolute atomic E-state index is 0.0378. The van der Waals surface area contributed by atoms with E-state index in [2.05, 4.69) is 15.0 Å². The summed E-state index contributed by atoms with van der Waals surface area (Å²) in [5.41, 5.74) is 1.97. The molecule has 152 valence electrons. The molecule has 0 saturated heterocycles. The number of rotatable bonds is 7. The fraction of sp³-hybridized carbons (Fsp3) is 0.0476. The van der Waals surface area contributed by atoms with Gasteiger partial charge >= 0.3 is 0 Å². The zero-order chi connectivity index (χ0) is 21.0. The second-order valence-corrected chi connectivity index (χ2v) is 9.95. The van der Waals surface area contributed by atoms with Gasteiger partial charge in [0.1, 0.15) is 0 Å². The van der Waals surface area contributed by atoms with Crippen LogP contribution in [0.15, 0.2) is 82.4 Å². The molecule has 0 radical (unpaired) electrons. The van der Waals surface area contributed by atoms with Crippen molar-refractivity contribution in [2.24, 2.45) is 0 Å². The molecule has 0 unspecified atom stereocenters. The van der Waals surface area contributed by atoms with Crippen molar-refractivity contribution in [1.82, 2.24) is 9.71 Å². The number of benzene rings is 2. The van der Waals surface area contributed by atoms with Crippen molar-refractivity contribution in [3.63, 3.8) is 0 Å². The van der Waals surface area contributed by atoms with Gasteiger partial charge in [-0.2, -0.15) is 0 Å². The van der Waals surface area contributed by atoms with Gasteiger partial charge in [0, 0.05) is 27.9 Å². The Hall–Kier alpha value is -2.85. The first kappa shape index (κ1) is 20.4. The quantitative estimate of drug-likeness (QED) is 0.426. The highest BCUT2D eigenvalue weighted by molar-refractivity contribution is 7.89. The monoisotopic (exact) mass is 455 g/mol. The Kier molecular flexibility index (Phi) is 6.05. The highest BCUT2D eigenvalue weighted by Gasteiger charge is 2.17. The number of aromatic nitrogens is 1. The molecule has 6 nitrogen and oxygen atoms in total. The summed E-state index contributed by atoms with van der Waals surface area (Å²) in [4.78, 5) is 18.0. The standard InChI is InChI=1S/C21H17N3O3S3/c25-20(24-21-23-19(14-29-21)15-6-2-1-3-7-15)16-8-4-10-18(12-16)30(26,27)22-13-17-9-5-11-28-17/h1-12,14,22H,13H2,(H,23,24,25). The fourth-order valence-corrected chi connectivity index (χ4v) is 5.21. The van der Waals surface area contributed by atoms with Crippen molar-refractivity contribution in [3.05, 3.63) is 87.9 Å². The SMILES string of the molecule is O=C(Nc1nc(-c2ccccc2)cs1)c1cccc(S(=O)(=O)NCc2cccs2)c1. The Morgan fingerprint density at radius 1 is 0.967 bits per heavy atom. The Balaban J connectivity index is 1.47. The first-order valence-corrected chi connectivity index (χ1v) is 12.2. The van der Waals surface area contributed by atoms with Crippen LogP contribution in [0.1, 0.15) is 15.2 Å². The number of nitrogens with one attached hydrogen (secondary N) is 2. The zero-order valence-corrected chi connectivity index (χ0v) is 18.1. The van der Waals surface area contributed by atoms with E-state index in [1.165, 1.54) is 34.8 Å². The molecule has 30 heavy (non-hydrogen) atoms. The van der Waals surface area contributed by atoms with Crippen LogP contribution in [0.3, 0.4) is 0 Å². The molecule has 0 spiro atoms. The molecule has 2 N–H and O–H groups in total. The van der Waals surface area contributed by atoms with Crippen LogP contribution in [0.5, 0.6) is 0 Å². The number of amides is 1. The predicted octanol–water partition coefficient (Wildman–Crippen LogP) is 4.60. The van der Waals surface area contributed by atoms with E-state index in [1.54, 1.807) is 12.1 Å². The number of nitrogens with zero attached hydrogens (tertiary/aromatic N) is 1. The highest BCUT2D eigenvalue weighted by atomic mass is 32.2. The van der Waals surface area contributed by atoms with Crippen LogP contribution in [0.25, 0.3) is 11.3 Å². The van der Waals surface area contributed by atoms with Crippen LogP contribution < -0.4 is 10.0 Å². The smallest absolute Gasteiger partial charge is 0.257 e. The number of carbonyl (C=O) groups is 1. The van der Waals surface area contributed by atoms with Crippen LogP contribution in [0.2, 0.25) is 0 Å². The summed E-state index contributed by atoms with van der Waals surface area (Å²) in [5.74, 6) is -0.417. The van der Waals surface area contributed by atoms with E-state index in [0.29, 0.717) is 5.13 Å². The molecule has 0 aliphatic heterocycles. The number of thiophene rings is 1. The maximum absolute atomic E-state index is 12.6. The second-order valence-electron chi connectivity index (χ2n) is 6.29. The largest absolute Gasteiger partial charge is 0.298 e. The number of carbonyl (C=O) groups excluding carboxylic acids is 1. The van der Waals surface area contributed by atoms with Crippen molar-refractivity contribution < 1.29 is 13.2 Å². The molecule has 2 aromatic heterocycles. The van der Waals surface area contributed by atoms with Crippen molar-refractivity contribution in [2.75, 3.05) is 5.32 Å². The third-order valence-corrected chi connectivity index (χ3v) is 7.25. The molecular weight excluding hydrogens is 438 g/mol. The van der Waals surface area contributed by atoms with Gasteiger partial charge in [-0.05, 0) is 29.6 Å². The van der Waals surface area contributed by atoms with Crippen molar-refractivity contribution >= 4 is 43.7 Å². The molecule has 4 aromatic rings. The summed E-state index contributed by atoms with van der Waals surface area (Å²) in [6.07, 6.45) is 0. The predicted molar refractivity (Wildman–Crippen MR) is 120 cm³/mol. The number of sulfonamides is 1. The van der Waals surface area contributed by atoms with Crippen LogP contribution in [-0.4, -0.2) is 19.3 Å². The molecule has 1 amide bonds. The molecule has 0 bridgehead atoms. The lowest BCUT2D eigenvalue weighted by molar-refractivity contribution is 0.102. The first-order chi connectivity index (χ1) is 14.5. The lowest BCUT2D eigenvalue weighted by atomic mass is 10.2. The van der Waals surface area contributed by atoms with Gasteiger partial charge < -0.3 is 0 Å². The van der Waals surface area contributed by atoms with Gasteiger partial charge in [0.2, 0.25) is 10.0 Å². The van der Waals surface area contributed by atoms with Crippen LogP contribution in [0.4, 0.5) is 5.13 Å². The average molecular weight is 456 g/mol. The number of hydrogen-bond donors (Lipinski definition) is 2. The van der Waals surface area contributed by atoms with E-state index < -0.39 is 15.9 Å². The van der Waals surface area contributed by atoms with Gasteiger partial charge in [-0.15, -0.1) is 22.7 Å². The maximum atomic E-state index is 12.6. The highest BCUT2D eigenvalue weighted by Crippen LogP contribution is 2.25. The summed E-state index contributed by atoms with van der Waals surface area (Å²) in [6.45, 7) is 0.206. The van der Waals surface area contributed by atoms with E-state index in [9.17, 15) is 13.2 Å². The third kappa shape index (κ3) is 4.82. The molecule has 9 heteroatoms. The topological polar surface area (TPSA) is 88.2 Å². The Morgan fingerprint density at radius 2 is 1.80 bits per heavy atom. The van der Waals surface area contributed by atoms with E-state index in [4.69, 9.17) is 0 Å². The van der Waals surface area contributed by atoms with Crippen molar-refractivity contribution in [1.29, 1.82) is 0 Å². The maximum Gasteiger partial charge on any atom is 0.257 e. The lowest BCUT2D eigenvalue weighted by Crippen LogP contribution is -2.23. The van der Waals surface area contributed by atoms with Gasteiger partial charge in [-0.1, -0.05) is 42.5 Å². The normalized spacial score (nSPS) is 11.3. The molecule has 0 aliphatic rings. The summed E-state index contributed by atoms with van der Waals surface area (Å²) in [7, 11) is -3.73. The summed E-state index contributed by atoms with van der Waals surface area (Å²) >= 11 is 2.78. The van der Waals surface area contributed by atoms with Crippen molar-refractivity contribution in [3.8, 4) is 11.3 Å². The van der Waals surface area contributed by atoms with Crippen molar-refractivity contribution in [2.45, 2.75) is 11.4 Å². The Bertz CT molecular complexity index is 1250. The molecule has 2 heterocycles. The Morgan fingerprint density at radius 3 is 2.57 bits per heavy atom. The minimum atomic E-state index is -3.73. The Labute approximate surface area is 182 Å². The number of hydrogen-bond acceptors (Lipinski definition) is 6. The van der Waals surface area contributed by atoms with Gasteiger partial charge in [-0.3, -0.25) is 10.1 Å². The number of anilines is 1. The fourth-order valence-electron chi connectivity index (χ4n) is 2.71. The van der Waals surface area contributed by atoms with Gasteiger partial charge in [0.25, 0.3) is 5.91 Å². The number of thiazole rings is 1. The summed E-state index contributed by atoms with van der Waals surface area (Å²) < 4.78 is 27.7. The van der Waals surface area contributed by atoms with Crippen LogP contribution in [-0.2, 0) is 16.6 Å². The minimum Gasteiger partial charge on any atom is -0.298 e. The van der Waals surface area contributed by atoms with E-state index in [1.807, 2.05) is 53.2 Å². The third-order valence-electron chi connectivity index (χ3n) is 4.22. The van der Waals surface area contributed by atoms with E-state index >= 15 is 0 Å². The van der Waals surface area contributed by atoms with Gasteiger partial charge in [0.15, 0.2) is 5.13 Å². The molecule has 0 atom stereocenters. The molecule has 0 fully saturated rings. The van der Waals surface area contributed by atoms with Crippen LogP contribution >= 0.6 is 22.7 Å². The molecule has 4 rings (SSSR count). The molecular formula is C21H17N3O3S3. The summed E-state index contributed by atoms with van der Waals surface area (Å²) in [5, 5.41) is 6.93. The van der Waals surface area contributed by atoms with E-state index in [-0.39, 0.29) is 17.0 Å². The molecule has 2 aromatic carbocycles. The molecule has 0 saturated carbocycles. The second kappa shape index (κ2) is 8.88. The first-order valence-electron chi connectivity index (χ1n) is 8.96. The zero-order valence-electron chi connectivity index (χ0n) is 15.6. The molecule has 0 aliphatic carbocycles. The van der Waals surface area contributed by atoms with E-state index in [0.717, 1.165) is 16.1 Å². The van der Waals surface area contributed by atoms with Gasteiger partial charge in [-0.25, -0.2) is 18.1 Å². The summed E-state index contributed by atoms with van der Waals surface area (Å²) in [6, 6.07) is 19.3. The average Bonchev–Trinajstić information content (AvgIpc) is 3.45. The lowest BCUT2D eigenvalue weighted by Gasteiger charge is -2.08. The van der Waals surface area contributed by atoms with Crippen LogP contribution in [0, 0.1) is 0 Å².